The van der Waals surface area contributed by atoms with Crippen LogP contribution in [0.25, 0.3) is 0 Å². The quantitative estimate of drug-likeness (QED) is 0.890. The van der Waals surface area contributed by atoms with Gasteiger partial charge in [-0.1, -0.05) is 17.8 Å². The van der Waals surface area contributed by atoms with Crippen LogP contribution in [0.2, 0.25) is 0 Å². The highest BCUT2D eigenvalue weighted by Gasteiger charge is 2.11. The van der Waals surface area contributed by atoms with E-state index in [0.717, 1.165) is 15.4 Å². The van der Waals surface area contributed by atoms with Crippen LogP contribution >= 0.6 is 11.8 Å². The van der Waals surface area contributed by atoms with Crippen molar-refractivity contribution in [3.63, 3.8) is 0 Å². The van der Waals surface area contributed by atoms with Crippen molar-refractivity contribution in [2.75, 3.05) is 7.05 Å². The van der Waals surface area contributed by atoms with Crippen LogP contribution < -0.4 is 5.32 Å². The van der Waals surface area contributed by atoms with Crippen molar-refractivity contribution in [1.82, 2.24) is 5.32 Å². The van der Waals surface area contributed by atoms with Crippen LogP contribution in [0.3, 0.4) is 0 Å². The fraction of sp³-hybridized carbons (Fsp3) is 0.200. The molecule has 2 aromatic rings. The Morgan fingerprint density at radius 2 is 1.79 bits per heavy atom. The Kier molecular flexibility index (Phi) is 4.56. The summed E-state index contributed by atoms with van der Waals surface area (Å²) in [7, 11) is 1.83. The van der Waals surface area contributed by atoms with E-state index in [0.29, 0.717) is 0 Å². The molecule has 19 heavy (non-hydrogen) atoms. The summed E-state index contributed by atoms with van der Waals surface area (Å²) in [5.41, 5.74) is 0.872. The predicted molar refractivity (Wildman–Crippen MR) is 74.4 cm³/mol. The lowest BCUT2D eigenvalue weighted by atomic mass is 10.1. The maximum atomic E-state index is 13.3. The number of hydrogen-bond donors (Lipinski definition) is 1. The molecule has 0 spiro atoms. The van der Waals surface area contributed by atoms with Gasteiger partial charge >= 0.3 is 0 Å². The van der Waals surface area contributed by atoms with Gasteiger partial charge < -0.3 is 5.32 Å². The Hall–Kier alpha value is -1.39. The van der Waals surface area contributed by atoms with Gasteiger partial charge in [0, 0.05) is 15.8 Å². The first kappa shape index (κ1) is 14.0. The summed E-state index contributed by atoms with van der Waals surface area (Å²) < 4.78 is 26.5. The molecule has 2 aromatic carbocycles. The van der Waals surface area contributed by atoms with Crippen molar-refractivity contribution in [2.45, 2.75) is 22.8 Å². The van der Waals surface area contributed by atoms with Gasteiger partial charge in [0.25, 0.3) is 0 Å². The van der Waals surface area contributed by atoms with E-state index in [1.807, 2.05) is 20.0 Å². The van der Waals surface area contributed by atoms with Crippen molar-refractivity contribution in [2.24, 2.45) is 0 Å². The first-order chi connectivity index (χ1) is 9.10. The smallest absolute Gasteiger partial charge is 0.124 e. The average Bonchev–Trinajstić information content (AvgIpc) is 2.40. The highest BCUT2D eigenvalue weighted by molar-refractivity contribution is 7.99. The molecule has 0 radical (unpaired) electrons. The van der Waals surface area contributed by atoms with Gasteiger partial charge in [0.15, 0.2) is 0 Å². The Morgan fingerprint density at radius 1 is 1.05 bits per heavy atom. The molecule has 0 aromatic heterocycles. The second-order valence-electron chi connectivity index (χ2n) is 4.25. The third kappa shape index (κ3) is 3.55. The number of halogens is 2. The summed E-state index contributed by atoms with van der Waals surface area (Å²) in [5.74, 6) is -0.531. The zero-order valence-electron chi connectivity index (χ0n) is 10.8. The van der Waals surface area contributed by atoms with Gasteiger partial charge in [-0.15, -0.1) is 0 Å². The fourth-order valence-corrected chi connectivity index (χ4v) is 2.83. The van der Waals surface area contributed by atoms with Crippen LogP contribution in [-0.4, -0.2) is 7.05 Å². The van der Waals surface area contributed by atoms with Crippen LogP contribution in [0.15, 0.2) is 52.3 Å². The largest absolute Gasteiger partial charge is 0.313 e. The average molecular weight is 279 g/mol. The van der Waals surface area contributed by atoms with E-state index in [4.69, 9.17) is 0 Å². The predicted octanol–water partition coefficient (Wildman–Crippen LogP) is 4.40. The van der Waals surface area contributed by atoms with Crippen LogP contribution in [0, 0.1) is 11.6 Å². The van der Waals surface area contributed by atoms with Crippen molar-refractivity contribution in [3.8, 4) is 0 Å². The van der Waals surface area contributed by atoms with E-state index in [9.17, 15) is 8.78 Å². The van der Waals surface area contributed by atoms with E-state index in [-0.39, 0.29) is 17.7 Å². The molecule has 0 amide bonds. The van der Waals surface area contributed by atoms with Gasteiger partial charge in [0.05, 0.1) is 0 Å². The Bertz CT molecular complexity index is 572. The van der Waals surface area contributed by atoms with Gasteiger partial charge in [0.2, 0.25) is 0 Å². The van der Waals surface area contributed by atoms with Crippen LogP contribution in [0.1, 0.15) is 18.5 Å². The first-order valence-corrected chi connectivity index (χ1v) is 6.82. The number of hydrogen-bond acceptors (Lipinski definition) is 2. The highest BCUT2D eigenvalue weighted by atomic mass is 32.2. The van der Waals surface area contributed by atoms with E-state index in [1.165, 1.54) is 36.0 Å². The van der Waals surface area contributed by atoms with E-state index in [2.05, 4.69) is 5.32 Å². The van der Waals surface area contributed by atoms with Crippen molar-refractivity contribution in [3.05, 3.63) is 59.7 Å². The monoisotopic (exact) mass is 279 g/mol. The van der Waals surface area contributed by atoms with E-state index < -0.39 is 0 Å². The maximum absolute atomic E-state index is 13.3. The molecule has 0 heterocycles. The van der Waals surface area contributed by atoms with Crippen molar-refractivity contribution in [1.29, 1.82) is 0 Å². The summed E-state index contributed by atoms with van der Waals surface area (Å²) in [6.07, 6.45) is 0. The maximum Gasteiger partial charge on any atom is 0.124 e. The van der Waals surface area contributed by atoms with Crippen molar-refractivity contribution < 1.29 is 8.78 Å². The van der Waals surface area contributed by atoms with Gasteiger partial charge in [-0.2, -0.15) is 0 Å². The van der Waals surface area contributed by atoms with E-state index >= 15 is 0 Å². The van der Waals surface area contributed by atoms with Gasteiger partial charge in [-0.25, -0.2) is 8.78 Å². The molecule has 2 rings (SSSR count). The molecule has 100 valence electrons. The molecule has 1 N–H and O–H groups in total. The summed E-state index contributed by atoms with van der Waals surface area (Å²) >= 11 is 1.43. The molecular weight excluding hydrogens is 264 g/mol. The van der Waals surface area contributed by atoms with Gasteiger partial charge in [0.1, 0.15) is 11.6 Å². The van der Waals surface area contributed by atoms with Gasteiger partial charge in [-0.3, -0.25) is 0 Å². The van der Waals surface area contributed by atoms with Gasteiger partial charge in [-0.05, 0) is 55.9 Å². The Morgan fingerprint density at radius 3 is 2.47 bits per heavy atom. The zero-order valence-corrected chi connectivity index (χ0v) is 11.6. The number of benzene rings is 2. The lowest BCUT2D eigenvalue weighted by molar-refractivity contribution is 0.601. The summed E-state index contributed by atoms with van der Waals surface area (Å²) in [6.45, 7) is 1.96. The van der Waals surface area contributed by atoms with Crippen molar-refractivity contribution >= 4 is 11.8 Å². The standard InChI is InChI=1S/C15H15F2NS/c1-10(18-2)14-9-12(17)6-7-15(14)19-13-5-3-4-11(16)8-13/h3-10,18H,1-2H3. The molecule has 0 bridgehead atoms. The highest BCUT2D eigenvalue weighted by Crippen LogP contribution is 2.33. The van der Waals surface area contributed by atoms with Crippen LogP contribution in [-0.2, 0) is 0 Å². The third-order valence-corrected chi connectivity index (χ3v) is 3.98. The SMILES string of the molecule is CNC(C)c1cc(F)ccc1Sc1cccc(F)c1. The molecular formula is C15H15F2NS. The first-order valence-electron chi connectivity index (χ1n) is 6.00. The normalized spacial score (nSPS) is 12.4. The fourth-order valence-electron chi connectivity index (χ4n) is 1.76. The lowest BCUT2D eigenvalue weighted by Gasteiger charge is -2.15. The van der Waals surface area contributed by atoms with E-state index in [1.54, 1.807) is 12.1 Å². The molecule has 0 fully saturated rings. The molecule has 4 heteroatoms. The molecule has 1 atom stereocenters. The molecule has 1 unspecified atom stereocenters. The minimum Gasteiger partial charge on any atom is -0.313 e. The number of nitrogens with one attached hydrogen (secondary N) is 1. The molecule has 0 saturated heterocycles. The minimum atomic E-state index is -0.268. The summed E-state index contributed by atoms with van der Waals surface area (Å²) in [4.78, 5) is 1.73. The molecule has 0 aliphatic carbocycles. The van der Waals surface area contributed by atoms with Crippen LogP contribution in [0.4, 0.5) is 8.78 Å². The molecule has 0 saturated carbocycles. The molecule has 0 aliphatic rings. The second kappa shape index (κ2) is 6.17. The molecule has 1 nitrogen and oxygen atoms in total. The third-order valence-electron chi connectivity index (χ3n) is 2.90. The zero-order chi connectivity index (χ0) is 13.8. The van der Waals surface area contributed by atoms with Crippen LogP contribution in [0.5, 0.6) is 0 Å². The number of rotatable bonds is 4. The molecule has 0 aliphatic heterocycles. The Balaban J connectivity index is 2.34. The lowest BCUT2D eigenvalue weighted by Crippen LogP contribution is -2.13. The summed E-state index contributed by atoms with van der Waals surface area (Å²) in [5, 5.41) is 3.09. The topological polar surface area (TPSA) is 12.0 Å². The second-order valence-corrected chi connectivity index (χ2v) is 5.37. The summed E-state index contributed by atoms with van der Waals surface area (Å²) in [6, 6.07) is 11.1. The minimum absolute atomic E-state index is 0.0340. The Labute approximate surface area is 116 Å².